The van der Waals surface area contributed by atoms with E-state index in [4.69, 9.17) is 9.47 Å². The molecular formula is C16H23N3O4. The van der Waals surface area contributed by atoms with Gasteiger partial charge in [0.2, 0.25) is 11.8 Å². The number of carbonyl (C=O) groups excluding carboxylic acids is 2. The van der Waals surface area contributed by atoms with Gasteiger partial charge in [-0.2, -0.15) is 0 Å². The molecule has 1 atom stereocenters. The summed E-state index contributed by atoms with van der Waals surface area (Å²) in [5.74, 6) is 0.735. The van der Waals surface area contributed by atoms with Crippen molar-refractivity contribution in [1.29, 1.82) is 0 Å². The molecule has 0 spiro atoms. The Kier molecular flexibility index (Phi) is 5.44. The van der Waals surface area contributed by atoms with Gasteiger partial charge >= 0.3 is 0 Å². The van der Waals surface area contributed by atoms with Crippen molar-refractivity contribution in [2.75, 3.05) is 26.1 Å². The van der Waals surface area contributed by atoms with E-state index in [1.54, 1.807) is 12.1 Å². The lowest BCUT2D eigenvalue weighted by atomic mass is 10.0. The highest BCUT2D eigenvalue weighted by Crippen LogP contribution is 2.37. The number of methoxy groups -OCH3 is 2. The third-order valence-electron chi connectivity index (χ3n) is 3.53. The molecule has 0 fully saturated rings. The Morgan fingerprint density at radius 1 is 1.26 bits per heavy atom. The Hall–Kier alpha value is -2.28. The smallest absolute Gasteiger partial charge is 0.242 e. The Labute approximate surface area is 135 Å². The van der Waals surface area contributed by atoms with Crippen molar-refractivity contribution in [3.63, 3.8) is 0 Å². The Bertz CT molecular complexity index is 601. The molecular weight excluding hydrogens is 298 g/mol. The van der Waals surface area contributed by atoms with E-state index >= 15 is 0 Å². The van der Waals surface area contributed by atoms with E-state index < -0.39 is 6.04 Å². The van der Waals surface area contributed by atoms with E-state index in [1.165, 1.54) is 14.2 Å². The second kappa shape index (κ2) is 7.32. The van der Waals surface area contributed by atoms with Gasteiger partial charge in [0, 0.05) is 36.3 Å². The number of benzene rings is 1. The number of hydrogen-bond acceptors (Lipinski definition) is 5. The average Bonchev–Trinajstić information content (AvgIpc) is 2.48. The summed E-state index contributed by atoms with van der Waals surface area (Å²) in [6.07, 6.45) is 0.291. The fraction of sp³-hybridized carbons (Fsp3) is 0.500. The molecule has 0 saturated carbocycles. The average molecular weight is 321 g/mol. The van der Waals surface area contributed by atoms with Gasteiger partial charge in [-0.05, 0) is 19.9 Å². The zero-order valence-corrected chi connectivity index (χ0v) is 13.9. The van der Waals surface area contributed by atoms with Crippen LogP contribution in [-0.4, -0.2) is 38.6 Å². The van der Waals surface area contributed by atoms with E-state index in [9.17, 15) is 9.59 Å². The normalized spacial score (nSPS) is 17.6. The van der Waals surface area contributed by atoms with Crippen LogP contribution in [0.5, 0.6) is 11.5 Å². The number of carbonyl (C=O) groups is 2. The van der Waals surface area contributed by atoms with E-state index in [-0.39, 0.29) is 17.9 Å². The van der Waals surface area contributed by atoms with Crippen molar-refractivity contribution in [2.45, 2.75) is 32.4 Å². The van der Waals surface area contributed by atoms with Crippen LogP contribution in [0.15, 0.2) is 12.1 Å². The molecule has 3 N–H and O–H groups in total. The lowest BCUT2D eigenvalue weighted by Gasteiger charge is -2.26. The van der Waals surface area contributed by atoms with Crippen molar-refractivity contribution in [3.05, 3.63) is 17.7 Å². The summed E-state index contributed by atoms with van der Waals surface area (Å²) in [6, 6.07) is 2.84. The summed E-state index contributed by atoms with van der Waals surface area (Å²) in [7, 11) is 3.05. The number of hydrogen-bond donors (Lipinski definition) is 3. The second-order valence-electron chi connectivity index (χ2n) is 5.64. The van der Waals surface area contributed by atoms with Crippen molar-refractivity contribution >= 4 is 17.5 Å². The Morgan fingerprint density at radius 3 is 2.52 bits per heavy atom. The predicted octanol–water partition coefficient (Wildman–Crippen LogP) is 1.20. The minimum atomic E-state index is -0.576. The number of fused-ring (bicyclic) bond motifs is 1. The van der Waals surface area contributed by atoms with Crippen LogP contribution in [0.1, 0.15) is 31.9 Å². The van der Waals surface area contributed by atoms with Crippen LogP contribution in [0.2, 0.25) is 0 Å². The van der Waals surface area contributed by atoms with Gasteiger partial charge in [0.25, 0.3) is 0 Å². The summed E-state index contributed by atoms with van der Waals surface area (Å²) in [4.78, 5) is 24.4. The fourth-order valence-corrected chi connectivity index (χ4v) is 2.50. The molecule has 126 valence electrons. The topological polar surface area (TPSA) is 88.7 Å². The van der Waals surface area contributed by atoms with Gasteiger partial charge in [0.05, 0.1) is 14.2 Å². The van der Waals surface area contributed by atoms with E-state index in [0.717, 1.165) is 0 Å². The van der Waals surface area contributed by atoms with Gasteiger partial charge in [-0.3, -0.25) is 9.59 Å². The van der Waals surface area contributed by atoms with Crippen LogP contribution in [-0.2, 0) is 9.59 Å². The number of nitrogens with one attached hydrogen (secondary N) is 3. The largest absolute Gasteiger partial charge is 0.493 e. The summed E-state index contributed by atoms with van der Waals surface area (Å²) < 4.78 is 10.6. The minimum absolute atomic E-state index is 0.0212. The SMILES string of the molecule is COc1cc2c(cc1OC)C(C(=O)NC(C)C)NCCC(=O)N2. The van der Waals surface area contributed by atoms with Crippen molar-refractivity contribution in [3.8, 4) is 11.5 Å². The number of rotatable bonds is 4. The summed E-state index contributed by atoms with van der Waals surface area (Å²) in [5.41, 5.74) is 1.19. The fourth-order valence-electron chi connectivity index (χ4n) is 2.50. The third-order valence-corrected chi connectivity index (χ3v) is 3.53. The molecule has 0 saturated heterocycles. The first-order chi connectivity index (χ1) is 11.0. The molecule has 0 radical (unpaired) electrons. The second-order valence-corrected chi connectivity index (χ2v) is 5.64. The zero-order chi connectivity index (χ0) is 17.0. The molecule has 0 bridgehead atoms. The first kappa shape index (κ1) is 17.1. The number of anilines is 1. The lowest BCUT2D eigenvalue weighted by Crippen LogP contribution is -2.42. The molecule has 2 rings (SSSR count). The number of ether oxygens (including phenoxy) is 2. The molecule has 23 heavy (non-hydrogen) atoms. The van der Waals surface area contributed by atoms with Crippen LogP contribution in [0.4, 0.5) is 5.69 Å². The highest BCUT2D eigenvalue weighted by molar-refractivity contribution is 5.95. The molecule has 2 amide bonds. The summed E-state index contributed by atoms with van der Waals surface area (Å²) >= 11 is 0. The molecule has 1 aromatic rings. The molecule has 0 aliphatic carbocycles. The van der Waals surface area contributed by atoms with E-state index in [1.807, 2.05) is 13.8 Å². The summed E-state index contributed by atoms with van der Waals surface area (Å²) in [6.45, 7) is 4.21. The van der Waals surface area contributed by atoms with Gasteiger partial charge in [0.15, 0.2) is 11.5 Å². The Balaban J connectivity index is 2.49. The van der Waals surface area contributed by atoms with Crippen molar-refractivity contribution in [2.24, 2.45) is 0 Å². The van der Waals surface area contributed by atoms with Crippen molar-refractivity contribution < 1.29 is 19.1 Å². The van der Waals surface area contributed by atoms with Gasteiger partial charge in [-0.1, -0.05) is 0 Å². The number of amides is 2. The molecule has 1 unspecified atom stereocenters. The van der Waals surface area contributed by atoms with Crippen LogP contribution >= 0.6 is 0 Å². The highest BCUT2D eigenvalue weighted by atomic mass is 16.5. The van der Waals surface area contributed by atoms with Gasteiger partial charge in [-0.25, -0.2) is 0 Å². The highest BCUT2D eigenvalue weighted by Gasteiger charge is 2.28. The van der Waals surface area contributed by atoms with Gasteiger partial charge < -0.3 is 25.4 Å². The van der Waals surface area contributed by atoms with Gasteiger partial charge in [0.1, 0.15) is 6.04 Å². The molecule has 1 aromatic carbocycles. The molecule has 7 heteroatoms. The quantitative estimate of drug-likeness (QED) is 0.775. The van der Waals surface area contributed by atoms with Gasteiger partial charge in [-0.15, -0.1) is 0 Å². The van der Waals surface area contributed by atoms with Crippen LogP contribution in [0.25, 0.3) is 0 Å². The maximum atomic E-state index is 12.5. The lowest BCUT2D eigenvalue weighted by molar-refractivity contribution is -0.124. The monoisotopic (exact) mass is 321 g/mol. The maximum absolute atomic E-state index is 12.5. The standard InChI is InChI=1S/C16H23N3O4/c1-9(2)18-16(21)15-10-7-12(22-3)13(23-4)8-11(10)19-14(20)5-6-17-15/h7-9,15,17H,5-6H2,1-4H3,(H,18,21)(H,19,20). The molecule has 0 aromatic heterocycles. The summed E-state index contributed by atoms with van der Waals surface area (Å²) in [5, 5.41) is 8.86. The van der Waals surface area contributed by atoms with Crippen LogP contribution < -0.4 is 25.4 Å². The molecule has 1 aliphatic rings. The molecule has 1 heterocycles. The Morgan fingerprint density at radius 2 is 1.91 bits per heavy atom. The first-order valence-electron chi connectivity index (χ1n) is 7.55. The van der Waals surface area contributed by atoms with Crippen molar-refractivity contribution in [1.82, 2.24) is 10.6 Å². The van der Waals surface area contributed by atoms with Crippen LogP contribution in [0, 0.1) is 0 Å². The molecule has 1 aliphatic heterocycles. The first-order valence-corrected chi connectivity index (χ1v) is 7.55. The predicted molar refractivity (Wildman–Crippen MR) is 86.8 cm³/mol. The molecule has 7 nitrogen and oxygen atoms in total. The van der Waals surface area contributed by atoms with E-state index in [2.05, 4.69) is 16.0 Å². The van der Waals surface area contributed by atoms with Crippen LogP contribution in [0.3, 0.4) is 0 Å². The zero-order valence-electron chi connectivity index (χ0n) is 13.9. The third kappa shape index (κ3) is 3.92. The minimum Gasteiger partial charge on any atom is -0.493 e. The van der Waals surface area contributed by atoms with E-state index in [0.29, 0.717) is 35.7 Å². The maximum Gasteiger partial charge on any atom is 0.242 e.